The van der Waals surface area contributed by atoms with Crippen molar-refractivity contribution in [2.24, 2.45) is 4.99 Å². The zero-order valence-electron chi connectivity index (χ0n) is 12.9. The van der Waals surface area contributed by atoms with Crippen LogP contribution in [-0.2, 0) is 11.2 Å². The molecule has 0 amide bonds. The number of hydrogen-bond donors (Lipinski definition) is 2. The van der Waals surface area contributed by atoms with Crippen molar-refractivity contribution in [3.8, 4) is 0 Å². The topological polar surface area (TPSA) is 58.5 Å². The van der Waals surface area contributed by atoms with E-state index in [2.05, 4.69) is 32.9 Å². The average Bonchev–Trinajstić information content (AvgIpc) is 2.83. The van der Waals surface area contributed by atoms with Gasteiger partial charge < -0.3 is 15.4 Å². The van der Waals surface area contributed by atoms with Gasteiger partial charge in [-0.25, -0.2) is 4.98 Å². The highest BCUT2D eigenvalue weighted by Gasteiger charge is 2.04. The van der Waals surface area contributed by atoms with Crippen molar-refractivity contribution < 1.29 is 4.74 Å². The molecule has 1 rings (SSSR count). The van der Waals surface area contributed by atoms with E-state index in [1.807, 2.05) is 6.92 Å². The lowest BCUT2D eigenvalue weighted by Crippen LogP contribution is -2.44. The van der Waals surface area contributed by atoms with Crippen molar-refractivity contribution in [1.82, 2.24) is 15.6 Å². The van der Waals surface area contributed by atoms with Crippen LogP contribution in [0.1, 0.15) is 30.5 Å². The highest BCUT2D eigenvalue weighted by molar-refractivity contribution is 7.09. The van der Waals surface area contributed by atoms with Crippen LogP contribution in [0.15, 0.2) is 10.4 Å². The van der Waals surface area contributed by atoms with Gasteiger partial charge in [-0.1, -0.05) is 0 Å². The highest BCUT2D eigenvalue weighted by atomic mass is 32.1. The number of thiazole rings is 1. The molecule has 5 nitrogen and oxygen atoms in total. The predicted octanol–water partition coefficient (Wildman–Crippen LogP) is 1.97. The third kappa shape index (κ3) is 6.86. The number of rotatable bonds is 8. The summed E-state index contributed by atoms with van der Waals surface area (Å²) in [5.41, 5.74) is 1.12. The molecule has 1 aromatic rings. The van der Waals surface area contributed by atoms with Gasteiger partial charge in [-0.05, 0) is 33.1 Å². The summed E-state index contributed by atoms with van der Waals surface area (Å²) in [6.45, 7) is 5.70. The van der Waals surface area contributed by atoms with Crippen molar-refractivity contribution in [2.45, 2.75) is 39.2 Å². The first-order valence-corrected chi connectivity index (χ1v) is 7.90. The van der Waals surface area contributed by atoms with Crippen molar-refractivity contribution >= 4 is 17.3 Å². The maximum atomic E-state index is 5.09. The fraction of sp³-hybridized carbons (Fsp3) is 0.714. The molecule has 2 N–H and O–H groups in total. The first-order valence-electron chi connectivity index (χ1n) is 7.02. The summed E-state index contributed by atoms with van der Waals surface area (Å²) in [5, 5.41) is 9.94. The van der Waals surface area contributed by atoms with E-state index in [-0.39, 0.29) is 6.04 Å². The van der Waals surface area contributed by atoms with Gasteiger partial charge in [0.25, 0.3) is 0 Å². The van der Waals surface area contributed by atoms with Gasteiger partial charge in [-0.3, -0.25) is 4.99 Å². The summed E-state index contributed by atoms with van der Waals surface area (Å²) in [6, 6.07) is 0.254. The van der Waals surface area contributed by atoms with E-state index in [4.69, 9.17) is 4.74 Å². The van der Waals surface area contributed by atoms with Crippen LogP contribution >= 0.6 is 11.3 Å². The number of aryl methyl sites for hydroxylation is 2. The predicted molar refractivity (Wildman–Crippen MR) is 85.6 cm³/mol. The van der Waals surface area contributed by atoms with Gasteiger partial charge in [0.1, 0.15) is 0 Å². The van der Waals surface area contributed by atoms with E-state index >= 15 is 0 Å². The zero-order valence-corrected chi connectivity index (χ0v) is 13.7. The first kappa shape index (κ1) is 16.9. The Morgan fingerprint density at radius 1 is 1.50 bits per heavy atom. The molecular weight excluding hydrogens is 272 g/mol. The average molecular weight is 298 g/mol. The number of aliphatic imine (C=N–C) groups is 1. The van der Waals surface area contributed by atoms with Gasteiger partial charge in [-0.2, -0.15) is 0 Å². The minimum atomic E-state index is 0.254. The molecule has 0 bridgehead atoms. The summed E-state index contributed by atoms with van der Waals surface area (Å²) in [4.78, 5) is 8.67. The first-order chi connectivity index (χ1) is 9.65. The van der Waals surface area contributed by atoms with Gasteiger partial charge >= 0.3 is 0 Å². The molecule has 0 aliphatic carbocycles. The molecule has 20 heavy (non-hydrogen) atoms. The maximum absolute atomic E-state index is 5.09. The molecule has 0 radical (unpaired) electrons. The van der Waals surface area contributed by atoms with E-state index in [0.717, 1.165) is 37.5 Å². The summed E-state index contributed by atoms with van der Waals surface area (Å²) in [5.74, 6) is 0.833. The van der Waals surface area contributed by atoms with E-state index in [0.29, 0.717) is 6.61 Å². The standard InChI is InChI=1S/C14H26N4OS/c1-11(9-19-4)18-14(15-3)16-8-6-5-7-13-17-12(2)10-20-13/h10-11H,5-9H2,1-4H3,(H2,15,16,18). The Kier molecular flexibility index (Phi) is 8.22. The number of aromatic nitrogens is 1. The van der Waals surface area contributed by atoms with Crippen LogP contribution in [0.3, 0.4) is 0 Å². The minimum absolute atomic E-state index is 0.254. The molecule has 1 heterocycles. The van der Waals surface area contributed by atoms with Crippen LogP contribution in [0.5, 0.6) is 0 Å². The van der Waals surface area contributed by atoms with Crippen LogP contribution < -0.4 is 10.6 Å². The molecule has 0 saturated heterocycles. The second kappa shape index (κ2) is 9.72. The number of methoxy groups -OCH3 is 1. The maximum Gasteiger partial charge on any atom is 0.191 e. The lowest BCUT2D eigenvalue weighted by atomic mass is 10.2. The Morgan fingerprint density at radius 2 is 2.30 bits per heavy atom. The summed E-state index contributed by atoms with van der Waals surface area (Å²) >= 11 is 1.75. The number of nitrogens with zero attached hydrogens (tertiary/aromatic N) is 2. The second-order valence-electron chi connectivity index (χ2n) is 4.84. The van der Waals surface area contributed by atoms with Crippen LogP contribution in [0, 0.1) is 6.92 Å². The van der Waals surface area contributed by atoms with Gasteiger partial charge in [-0.15, -0.1) is 11.3 Å². The Hall–Kier alpha value is -1.14. The Balaban J connectivity index is 2.12. The van der Waals surface area contributed by atoms with Gasteiger partial charge in [0.05, 0.1) is 11.6 Å². The number of unbranched alkanes of at least 4 members (excludes halogenated alkanes) is 1. The van der Waals surface area contributed by atoms with Crippen molar-refractivity contribution in [3.05, 3.63) is 16.1 Å². The number of ether oxygens (including phenoxy) is 1. The summed E-state index contributed by atoms with van der Waals surface area (Å²) in [7, 11) is 3.49. The Bertz CT molecular complexity index is 406. The van der Waals surface area contributed by atoms with Crippen molar-refractivity contribution in [2.75, 3.05) is 27.3 Å². The van der Waals surface area contributed by atoms with E-state index < -0.39 is 0 Å². The largest absolute Gasteiger partial charge is 0.383 e. The molecule has 1 aromatic heterocycles. The van der Waals surface area contributed by atoms with Gasteiger partial charge in [0, 0.05) is 37.8 Å². The summed E-state index contributed by atoms with van der Waals surface area (Å²) in [6.07, 6.45) is 3.31. The van der Waals surface area contributed by atoms with Crippen molar-refractivity contribution in [1.29, 1.82) is 0 Å². The Morgan fingerprint density at radius 3 is 2.90 bits per heavy atom. The fourth-order valence-electron chi connectivity index (χ4n) is 1.85. The smallest absolute Gasteiger partial charge is 0.191 e. The Labute approximate surface area is 125 Å². The van der Waals surface area contributed by atoms with Crippen LogP contribution in [0.4, 0.5) is 0 Å². The lowest BCUT2D eigenvalue weighted by Gasteiger charge is -2.17. The van der Waals surface area contributed by atoms with E-state index in [1.54, 1.807) is 25.5 Å². The molecule has 6 heteroatoms. The zero-order chi connectivity index (χ0) is 14.8. The van der Waals surface area contributed by atoms with Crippen molar-refractivity contribution in [3.63, 3.8) is 0 Å². The highest BCUT2D eigenvalue weighted by Crippen LogP contribution is 2.11. The number of hydrogen-bond acceptors (Lipinski definition) is 4. The molecule has 1 unspecified atom stereocenters. The SMILES string of the molecule is CN=C(NCCCCc1nc(C)cs1)NC(C)COC. The number of nitrogens with one attached hydrogen (secondary N) is 2. The quantitative estimate of drug-likeness (QED) is 0.438. The molecule has 0 aliphatic rings. The lowest BCUT2D eigenvalue weighted by molar-refractivity contribution is 0.179. The third-order valence-electron chi connectivity index (χ3n) is 2.80. The van der Waals surface area contributed by atoms with Crippen LogP contribution in [0.2, 0.25) is 0 Å². The molecule has 0 fully saturated rings. The molecule has 0 aromatic carbocycles. The monoisotopic (exact) mass is 298 g/mol. The van der Waals surface area contributed by atoms with E-state index in [9.17, 15) is 0 Å². The number of guanidine groups is 1. The molecule has 0 aliphatic heterocycles. The molecule has 1 atom stereocenters. The van der Waals surface area contributed by atoms with Crippen LogP contribution in [0.25, 0.3) is 0 Å². The minimum Gasteiger partial charge on any atom is -0.383 e. The fourth-order valence-corrected chi connectivity index (χ4v) is 2.66. The normalized spacial score (nSPS) is 13.3. The van der Waals surface area contributed by atoms with Gasteiger partial charge in [0.2, 0.25) is 0 Å². The van der Waals surface area contributed by atoms with E-state index in [1.165, 1.54) is 5.01 Å². The molecule has 0 spiro atoms. The third-order valence-corrected chi connectivity index (χ3v) is 3.83. The van der Waals surface area contributed by atoms with Gasteiger partial charge in [0.15, 0.2) is 5.96 Å². The van der Waals surface area contributed by atoms with Crippen LogP contribution in [-0.4, -0.2) is 44.3 Å². The molecular formula is C14H26N4OS. The molecule has 0 saturated carbocycles. The molecule has 114 valence electrons. The summed E-state index contributed by atoms with van der Waals surface area (Å²) < 4.78 is 5.09. The second-order valence-corrected chi connectivity index (χ2v) is 5.78.